The zero-order chi connectivity index (χ0) is 27.9. The summed E-state index contributed by atoms with van der Waals surface area (Å²) in [4.78, 5) is 27.7. The average Bonchev–Trinajstić information content (AvgIpc) is 2.91. The maximum atomic E-state index is 13.8. The summed E-state index contributed by atoms with van der Waals surface area (Å²) in [5.74, 6) is -0.883. The fourth-order valence-corrected chi connectivity index (χ4v) is 5.22. The Hall–Kier alpha value is -3.92. The summed E-state index contributed by atoms with van der Waals surface area (Å²) in [6.07, 6.45) is 0. The SMILES string of the molecule is CCNC(=O)[C@H](C)N(Cc1ccc(OC)cc1)C(=O)CN(c1ccc(C)cc1)S(=O)(=O)c1ccc(F)cc1. The van der Waals surface area contributed by atoms with Gasteiger partial charge in [0.05, 0.1) is 17.7 Å². The molecule has 10 heteroatoms. The smallest absolute Gasteiger partial charge is 0.264 e. The van der Waals surface area contributed by atoms with Crippen LogP contribution in [0.25, 0.3) is 0 Å². The second kappa shape index (κ2) is 12.6. The van der Waals surface area contributed by atoms with Crippen LogP contribution in [0.4, 0.5) is 10.1 Å². The van der Waals surface area contributed by atoms with Gasteiger partial charge < -0.3 is 15.0 Å². The highest BCUT2D eigenvalue weighted by Gasteiger charge is 2.32. The monoisotopic (exact) mass is 541 g/mol. The zero-order valence-corrected chi connectivity index (χ0v) is 22.7. The number of nitrogens with zero attached hydrogens (tertiary/aromatic N) is 2. The number of hydrogen-bond donors (Lipinski definition) is 1. The van der Waals surface area contributed by atoms with Gasteiger partial charge in [0, 0.05) is 13.1 Å². The van der Waals surface area contributed by atoms with Crippen LogP contribution in [-0.4, -0.2) is 51.4 Å². The Morgan fingerprint density at radius 2 is 1.58 bits per heavy atom. The van der Waals surface area contributed by atoms with E-state index < -0.39 is 34.3 Å². The first-order valence-electron chi connectivity index (χ1n) is 12.1. The predicted molar refractivity (Wildman–Crippen MR) is 144 cm³/mol. The van der Waals surface area contributed by atoms with E-state index in [0.29, 0.717) is 12.3 Å². The number of amides is 2. The van der Waals surface area contributed by atoms with Gasteiger partial charge in [-0.1, -0.05) is 29.8 Å². The van der Waals surface area contributed by atoms with Gasteiger partial charge in [-0.15, -0.1) is 0 Å². The fraction of sp³-hybridized carbons (Fsp3) is 0.286. The molecule has 0 aliphatic carbocycles. The second-order valence-corrected chi connectivity index (χ2v) is 10.6. The molecule has 0 saturated carbocycles. The minimum Gasteiger partial charge on any atom is -0.497 e. The van der Waals surface area contributed by atoms with Crippen LogP contribution < -0.4 is 14.4 Å². The van der Waals surface area contributed by atoms with E-state index in [-0.39, 0.29) is 23.0 Å². The Balaban J connectivity index is 2.01. The normalized spacial score (nSPS) is 11.9. The van der Waals surface area contributed by atoms with Crippen molar-refractivity contribution in [2.24, 2.45) is 0 Å². The van der Waals surface area contributed by atoms with E-state index in [1.807, 2.05) is 6.92 Å². The topological polar surface area (TPSA) is 96.0 Å². The summed E-state index contributed by atoms with van der Waals surface area (Å²) in [6, 6.07) is 17.2. The first-order chi connectivity index (χ1) is 18.1. The lowest BCUT2D eigenvalue weighted by Gasteiger charge is -2.32. The second-order valence-electron chi connectivity index (χ2n) is 8.74. The van der Waals surface area contributed by atoms with Crippen LogP contribution in [0, 0.1) is 12.7 Å². The van der Waals surface area contributed by atoms with Crippen molar-refractivity contribution in [3.8, 4) is 5.75 Å². The van der Waals surface area contributed by atoms with Crippen molar-refractivity contribution >= 4 is 27.5 Å². The van der Waals surface area contributed by atoms with Gasteiger partial charge in [-0.3, -0.25) is 13.9 Å². The van der Waals surface area contributed by atoms with Crippen LogP contribution in [-0.2, 0) is 26.2 Å². The van der Waals surface area contributed by atoms with E-state index in [1.165, 1.54) is 4.90 Å². The molecule has 0 radical (unpaired) electrons. The molecule has 0 aromatic heterocycles. The highest BCUT2D eigenvalue weighted by molar-refractivity contribution is 7.92. The van der Waals surface area contributed by atoms with E-state index in [2.05, 4.69) is 5.32 Å². The summed E-state index contributed by atoms with van der Waals surface area (Å²) in [6.45, 7) is 5.11. The third-order valence-corrected chi connectivity index (χ3v) is 7.82. The molecule has 0 saturated heterocycles. The first-order valence-corrected chi connectivity index (χ1v) is 13.6. The van der Waals surface area contributed by atoms with Crippen molar-refractivity contribution in [1.82, 2.24) is 10.2 Å². The molecule has 1 N–H and O–H groups in total. The quantitative estimate of drug-likeness (QED) is 0.397. The predicted octanol–water partition coefficient (Wildman–Crippen LogP) is 3.89. The molecule has 8 nitrogen and oxygen atoms in total. The summed E-state index contributed by atoms with van der Waals surface area (Å²) in [5, 5.41) is 2.72. The van der Waals surface area contributed by atoms with Gasteiger partial charge in [0.25, 0.3) is 10.0 Å². The number of halogens is 1. The molecule has 0 bridgehead atoms. The molecular weight excluding hydrogens is 509 g/mol. The molecule has 2 amide bonds. The Morgan fingerprint density at radius 1 is 0.974 bits per heavy atom. The Morgan fingerprint density at radius 3 is 2.13 bits per heavy atom. The first kappa shape index (κ1) is 28.6. The third kappa shape index (κ3) is 6.89. The number of ether oxygens (including phenoxy) is 1. The van der Waals surface area contributed by atoms with Crippen molar-refractivity contribution in [3.05, 3.63) is 89.7 Å². The average molecular weight is 542 g/mol. The standard InChI is InChI=1S/C28H32FN3O5S/c1-5-30-28(34)21(3)31(18-22-8-14-25(37-4)15-9-22)27(33)19-32(24-12-6-20(2)7-13-24)38(35,36)26-16-10-23(29)11-17-26/h6-17,21H,5,18-19H2,1-4H3,(H,30,34)/t21-/m0/s1. The van der Waals surface area contributed by atoms with Gasteiger partial charge in [0.2, 0.25) is 11.8 Å². The molecule has 0 aliphatic rings. The number of carbonyl (C=O) groups is 2. The summed E-state index contributed by atoms with van der Waals surface area (Å²) >= 11 is 0. The molecule has 0 aliphatic heterocycles. The number of nitrogens with one attached hydrogen (secondary N) is 1. The van der Waals surface area contributed by atoms with Gasteiger partial charge in [0.15, 0.2) is 0 Å². The van der Waals surface area contributed by atoms with E-state index in [4.69, 9.17) is 4.74 Å². The van der Waals surface area contributed by atoms with E-state index in [9.17, 15) is 22.4 Å². The lowest BCUT2D eigenvalue weighted by molar-refractivity contribution is -0.139. The molecule has 38 heavy (non-hydrogen) atoms. The number of carbonyl (C=O) groups excluding carboxylic acids is 2. The Labute approximate surface area is 223 Å². The van der Waals surface area contributed by atoms with Gasteiger partial charge in [-0.2, -0.15) is 0 Å². The number of sulfonamides is 1. The van der Waals surface area contributed by atoms with Gasteiger partial charge >= 0.3 is 0 Å². The summed E-state index contributed by atoms with van der Waals surface area (Å²) in [5.41, 5.74) is 1.91. The van der Waals surface area contributed by atoms with E-state index in [1.54, 1.807) is 69.5 Å². The summed E-state index contributed by atoms with van der Waals surface area (Å²) in [7, 11) is -2.70. The van der Waals surface area contributed by atoms with Gasteiger partial charge in [0.1, 0.15) is 24.2 Å². The van der Waals surface area contributed by atoms with Crippen molar-refractivity contribution < 1.29 is 27.1 Å². The molecule has 3 rings (SSSR count). The summed E-state index contributed by atoms with van der Waals surface area (Å²) < 4.78 is 47.0. The number of aryl methyl sites for hydroxylation is 1. The van der Waals surface area contributed by atoms with Crippen molar-refractivity contribution in [3.63, 3.8) is 0 Å². The fourth-order valence-electron chi connectivity index (χ4n) is 3.81. The van der Waals surface area contributed by atoms with Crippen molar-refractivity contribution in [2.45, 2.75) is 38.3 Å². The Bertz CT molecular complexity index is 1340. The van der Waals surface area contributed by atoms with Crippen LogP contribution >= 0.6 is 0 Å². The van der Waals surface area contributed by atoms with Gasteiger partial charge in [-0.05, 0) is 74.9 Å². The van der Waals surface area contributed by atoms with Crippen molar-refractivity contribution in [2.75, 3.05) is 24.5 Å². The largest absolute Gasteiger partial charge is 0.497 e. The lowest BCUT2D eigenvalue weighted by atomic mass is 10.1. The van der Waals surface area contributed by atoms with Crippen molar-refractivity contribution in [1.29, 1.82) is 0 Å². The molecule has 202 valence electrons. The van der Waals surface area contributed by atoms with Crippen LogP contribution in [0.5, 0.6) is 5.75 Å². The molecular formula is C28H32FN3O5S. The Kier molecular flexibility index (Phi) is 9.46. The minimum absolute atomic E-state index is 0.0689. The number of anilines is 1. The van der Waals surface area contributed by atoms with Crippen LogP contribution in [0.3, 0.4) is 0 Å². The van der Waals surface area contributed by atoms with Gasteiger partial charge in [-0.25, -0.2) is 12.8 Å². The van der Waals surface area contributed by atoms with E-state index >= 15 is 0 Å². The maximum absolute atomic E-state index is 13.8. The lowest BCUT2D eigenvalue weighted by Crippen LogP contribution is -2.51. The number of likely N-dealkylation sites (N-methyl/N-ethyl adjacent to an activating group) is 1. The number of benzene rings is 3. The van der Waals surface area contributed by atoms with Crippen LogP contribution in [0.2, 0.25) is 0 Å². The number of methoxy groups -OCH3 is 1. The molecule has 3 aromatic carbocycles. The molecule has 0 unspecified atom stereocenters. The third-order valence-electron chi connectivity index (χ3n) is 6.03. The zero-order valence-electron chi connectivity index (χ0n) is 21.8. The number of rotatable bonds is 11. The highest BCUT2D eigenvalue weighted by atomic mass is 32.2. The maximum Gasteiger partial charge on any atom is 0.264 e. The number of hydrogen-bond acceptors (Lipinski definition) is 5. The highest BCUT2D eigenvalue weighted by Crippen LogP contribution is 2.25. The molecule has 0 fully saturated rings. The molecule has 0 spiro atoms. The molecule has 1 atom stereocenters. The molecule has 3 aromatic rings. The van der Waals surface area contributed by atoms with E-state index in [0.717, 1.165) is 39.7 Å². The minimum atomic E-state index is -4.25. The molecule has 0 heterocycles. The van der Waals surface area contributed by atoms with Crippen LogP contribution in [0.15, 0.2) is 77.7 Å². The van der Waals surface area contributed by atoms with Crippen LogP contribution in [0.1, 0.15) is 25.0 Å².